The fourth-order valence-electron chi connectivity index (χ4n) is 0.671. The zero-order valence-electron chi connectivity index (χ0n) is 5.65. The smallest absolute Gasteiger partial charge is 0.0664 e. The molecule has 0 spiro atoms. The van der Waals surface area contributed by atoms with Crippen molar-refractivity contribution in [1.82, 2.24) is 5.32 Å². The third-order valence-corrected chi connectivity index (χ3v) is 1.06. The molecule has 0 aliphatic carbocycles. The molecule has 0 saturated carbocycles. The summed E-state index contributed by atoms with van der Waals surface area (Å²) in [4.78, 5) is 0. The summed E-state index contributed by atoms with van der Waals surface area (Å²) in [6.07, 6.45) is 1.81. The van der Waals surface area contributed by atoms with Crippen molar-refractivity contribution in [2.75, 3.05) is 13.6 Å². The lowest BCUT2D eigenvalue weighted by Crippen LogP contribution is -2.22. The van der Waals surface area contributed by atoms with Crippen molar-refractivity contribution in [1.29, 1.82) is 0 Å². The number of aliphatic hydroxyl groups excluding tert-OH is 1. The molecule has 0 bridgehead atoms. The molecular weight excluding hydrogens is 102 g/mol. The van der Waals surface area contributed by atoms with Gasteiger partial charge in [0.2, 0.25) is 0 Å². The number of rotatable bonds is 4. The van der Waals surface area contributed by atoms with E-state index in [9.17, 15) is 0 Å². The maximum atomic E-state index is 8.99. The molecule has 0 aromatic rings. The highest BCUT2D eigenvalue weighted by Crippen LogP contribution is 1.92. The van der Waals surface area contributed by atoms with Gasteiger partial charge in [0.05, 0.1) is 6.10 Å². The van der Waals surface area contributed by atoms with E-state index >= 15 is 0 Å². The average molecular weight is 117 g/mol. The lowest BCUT2D eigenvalue weighted by Gasteiger charge is -2.05. The monoisotopic (exact) mass is 117 g/mol. The molecule has 0 aromatic carbocycles. The topological polar surface area (TPSA) is 32.3 Å². The third-order valence-electron chi connectivity index (χ3n) is 1.06. The summed E-state index contributed by atoms with van der Waals surface area (Å²) in [5.41, 5.74) is 0. The molecule has 0 fully saturated rings. The molecule has 2 heteroatoms. The summed E-state index contributed by atoms with van der Waals surface area (Å²) < 4.78 is 0. The first-order valence-corrected chi connectivity index (χ1v) is 3.14. The molecule has 8 heavy (non-hydrogen) atoms. The Morgan fingerprint density at radius 3 is 2.62 bits per heavy atom. The minimum Gasteiger partial charge on any atom is -0.392 e. The van der Waals surface area contributed by atoms with E-state index in [1.165, 1.54) is 0 Å². The molecule has 0 rings (SSSR count). The molecule has 50 valence electrons. The second-order valence-corrected chi connectivity index (χ2v) is 2.00. The van der Waals surface area contributed by atoms with Crippen LogP contribution < -0.4 is 5.32 Å². The highest BCUT2D eigenvalue weighted by Gasteiger charge is 1.97. The molecule has 2 nitrogen and oxygen atoms in total. The third kappa shape index (κ3) is 4.09. The first-order valence-electron chi connectivity index (χ1n) is 3.14. The van der Waals surface area contributed by atoms with Crippen LogP contribution in [0.15, 0.2) is 0 Å². The Labute approximate surface area is 50.9 Å². The number of likely N-dealkylation sites (N-methyl/N-ethyl adjacent to an activating group) is 1. The molecule has 0 unspecified atom stereocenters. The van der Waals surface area contributed by atoms with Crippen LogP contribution in [0.2, 0.25) is 0 Å². The second-order valence-electron chi connectivity index (χ2n) is 2.00. The van der Waals surface area contributed by atoms with Crippen LogP contribution in [0.4, 0.5) is 0 Å². The highest BCUT2D eigenvalue weighted by molar-refractivity contribution is 4.54. The summed E-state index contributed by atoms with van der Waals surface area (Å²) in [5.74, 6) is 0. The lowest BCUT2D eigenvalue weighted by molar-refractivity contribution is 0.163. The van der Waals surface area contributed by atoms with Crippen molar-refractivity contribution < 1.29 is 5.11 Å². The normalized spacial score (nSPS) is 13.9. The Hall–Kier alpha value is -0.0800. The average Bonchev–Trinajstić information content (AvgIpc) is 1.68. The Balaban J connectivity index is 2.92. The Morgan fingerprint density at radius 2 is 2.25 bits per heavy atom. The van der Waals surface area contributed by atoms with E-state index in [0.29, 0.717) is 6.54 Å². The number of aliphatic hydroxyl groups is 1. The van der Waals surface area contributed by atoms with Crippen molar-refractivity contribution in [2.45, 2.75) is 25.9 Å². The van der Waals surface area contributed by atoms with Gasteiger partial charge in [-0.05, 0) is 13.5 Å². The van der Waals surface area contributed by atoms with E-state index in [1.807, 2.05) is 7.05 Å². The predicted molar refractivity (Wildman–Crippen MR) is 34.8 cm³/mol. The maximum absolute atomic E-state index is 8.99. The summed E-state index contributed by atoms with van der Waals surface area (Å²) in [7, 11) is 1.85. The van der Waals surface area contributed by atoms with Crippen molar-refractivity contribution in [3.05, 3.63) is 0 Å². The fourth-order valence-corrected chi connectivity index (χ4v) is 0.671. The van der Waals surface area contributed by atoms with Gasteiger partial charge in [-0.25, -0.2) is 0 Å². The van der Waals surface area contributed by atoms with Crippen LogP contribution in [-0.2, 0) is 0 Å². The summed E-state index contributed by atoms with van der Waals surface area (Å²) in [5, 5.41) is 11.9. The quantitative estimate of drug-likeness (QED) is 0.557. The van der Waals surface area contributed by atoms with Gasteiger partial charge in [-0.15, -0.1) is 0 Å². The van der Waals surface area contributed by atoms with Crippen LogP contribution in [-0.4, -0.2) is 24.8 Å². The van der Waals surface area contributed by atoms with Crippen molar-refractivity contribution in [2.24, 2.45) is 0 Å². The summed E-state index contributed by atoms with van der Waals surface area (Å²) in [6.45, 7) is 2.78. The van der Waals surface area contributed by atoms with Crippen LogP contribution in [0.5, 0.6) is 0 Å². The van der Waals surface area contributed by atoms with Crippen LogP contribution in [0.1, 0.15) is 19.8 Å². The minimum atomic E-state index is -0.148. The predicted octanol–water partition coefficient (Wildman–Crippen LogP) is 0.367. The fraction of sp³-hybridized carbons (Fsp3) is 1.00. The molecule has 1 atom stereocenters. The number of nitrogens with one attached hydrogen (secondary N) is 1. The van der Waals surface area contributed by atoms with Crippen molar-refractivity contribution in [3.8, 4) is 0 Å². The van der Waals surface area contributed by atoms with E-state index in [0.717, 1.165) is 12.8 Å². The number of hydrogen-bond donors (Lipinski definition) is 2. The van der Waals surface area contributed by atoms with Crippen LogP contribution in [0, 0.1) is 0 Å². The van der Waals surface area contributed by atoms with Crippen LogP contribution >= 0.6 is 0 Å². The van der Waals surface area contributed by atoms with Gasteiger partial charge in [-0.3, -0.25) is 0 Å². The zero-order valence-corrected chi connectivity index (χ0v) is 5.65. The van der Waals surface area contributed by atoms with E-state index < -0.39 is 0 Å². The molecule has 0 amide bonds. The van der Waals surface area contributed by atoms with E-state index in [2.05, 4.69) is 12.2 Å². The SMILES string of the molecule is CCC[C@H](O)CNC. The number of hydrogen-bond acceptors (Lipinski definition) is 2. The van der Waals surface area contributed by atoms with E-state index in [-0.39, 0.29) is 6.10 Å². The highest BCUT2D eigenvalue weighted by atomic mass is 16.3. The largest absolute Gasteiger partial charge is 0.392 e. The standard InChI is InChI=1S/C6H15NO/c1-3-4-6(8)5-7-2/h6-8H,3-5H2,1-2H3/t6-/m0/s1. The summed E-state index contributed by atoms with van der Waals surface area (Å²) >= 11 is 0. The molecule has 0 heterocycles. The van der Waals surface area contributed by atoms with Gasteiger partial charge in [-0.2, -0.15) is 0 Å². The molecular formula is C6H15NO. The van der Waals surface area contributed by atoms with Gasteiger partial charge in [-0.1, -0.05) is 13.3 Å². The van der Waals surface area contributed by atoms with Crippen LogP contribution in [0.3, 0.4) is 0 Å². The Bertz CT molecular complexity index is 41.8. The van der Waals surface area contributed by atoms with Gasteiger partial charge in [0, 0.05) is 6.54 Å². The Kier molecular flexibility index (Phi) is 5.01. The summed E-state index contributed by atoms with van der Waals surface area (Å²) in [6, 6.07) is 0. The molecule has 0 aromatic heterocycles. The van der Waals surface area contributed by atoms with Gasteiger partial charge < -0.3 is 10.4 Å². The first kappa shape index (κ1) is 7.92. The molecule has 0 aliphatic heterocycles. The van der Waals surface area contributed by atoms with Gasteiger partial charge in [0.25, 0.3) is 0 Å². The van der Waals surface area contributed by atoms with E-state index in [1.54, 1.807) is 0 Å². The minimum absolute atomic E-state index is 0.148. The maximum Gasteiger partial charge on any atom is 0.0664 e. The van der Waals surface area contributed by atoms with Gasteiger partial charge >= 0.3 is 0 Å². The molecule has 0 saturated heterocycles. The molecule has 2 N–H and O–H groups in total. The second kappa shape index (κ2) is 5.06. The Morgan fingerprint density at radius 1 is 1.62 bits per heavy atom. The molecule has 0 aliphatic rings. The zero-order chi connectivity index (χ0) is 6.41. The molecule has 0 radical (unpaired) electrons. The van der Waals surface area contributed by atoms with Gasteiger partial charge in [0.1, 0.15) is 0 Å². The van der Waals surface area contributed by atoms with Crippen LogP contribution in [0.25, 0.3) is 0 Å². The lowest BCUT2D eigenvalue weighted by atomic mass is 10.2. The van der Waals surface area contributed by atoms with E-state index in [4.69, 9.17) is 5.11 Å². The first-order chi connectivity index (χ1) is 3.81. The van der Waals surface area contributed by atoms with Crippen molar-refractivity contribution >= 4 is 0 Å². The van der Waals surface area contributed by atoms with Gasteiger partial charge in [0.15, 0.2) is 0 Å². The van der Waals surface area contributed by atoms with Crippen molar-refractivity contribution in [3.63, 3.8) is 0 Å².